The highest BCUT2D eigenvalue weighted by Crippen LogP contribution is 2.32. The first kappa shape index (κ1) is 19.4. The Balaban J connectivity index is 1.53. The van der Waals surface area contributed by atoms with Crippen LogP contribution in [0.3, 0.4) is 0 Å². The lowest BCUT2D eigenvalue weighted by Gasteiger charge is -2.33. The number of benzene rings is 2. The van der Waals surface area contributed by atoms with Crippen molar-refractivity contribution >= 4 is 23.3 Å². The van der Waals surface area contributed by atoms with Crippen molar-refractivity contribution in [2.75, 3.05) is 11.9 Å². The van der Waals surface area contributed by atoms with E-state index in [4.69, 9.17) is 16.1 Å². The molecule has 150 valence electrons. The lowest BCUT2D eigenvalue weighted by atomic mass is 10.0. The first-order valence-corrected chi connectivity index (χ1v) is 9.82. The Kier molecular flexibility index (Phi) is 5.49. The molecule has 2 aromatic carbocycles. The zero-order chi connectivity index (χ0) is 20.4. The van der Waals surface area contributed by atoms with Gasteiger partial charge in [-0.05, 0) is 44.4 Å². The van der Waals surface area contributed by atoms with Crippen LogP contribution in [0, 0.1) is 12.7 Å². The number of urea groups is 1. The Morgan fingerprint density at radius 1 is 1.24 bits per heavy atom. The van der Waals surface area contributed by atoms with Crippen molar-refractivity contribution in [2.45, 2.75) is 32.2 Å². The van der Waals surface area contributed by atoms with Gasteiger partial charge in [0.1, 0.15) is 11.9 Å². The molecule has 3 aromatic rings. The standard InChI is InChI=1S/C21H20ClFN4O2/c1-13-5-7-14(8-6-13)19-25-20(29-26-19)18-4-2-3-11-27(18)21(28)24-15-9-10-17(23)16(22)12-15/h5-10,12,18H,2-4,11H2,1H3,(H,24,28). The van der Waals surface area contributed by atoms with Crippen LogP contribution in [0.1, 0.15) is 36.8 Å². The second kappa shape index (κ2) is 8.21. The summed E-state index contributed by atoms with van der Waals surface area (Å²) in [5, 5.41) is 6.81. The Morgan fingerprint density at radius 2 is 2.03 bits per heavy atom. The third-order valence-electron chi connectivity index (χ3n) is 4.97. The van der Waals surface area contributed by atoms with Crippen molar-refractivity contribution in [3.05, 3.63) is 64.8 Å². The van der Waals surface area contributed by atoms with Gasteiger partial charge in [0.05, 0.1) is 5.02 Å². The molecule has 4 rings (SSSR count). The van der Waals surface area contributed by atoms with Gasteiger partial charge in [-0.15, -0.1) is 0 Å². The molecule has 8 heteroatoms. The van der Waals surface area contributed by atoms with Crippen molar-refractivity contribution in [3.63, 3.8) is 0 Å². The quantitative estimate of drug-likeness (QED) is 0.605. The van der Waals surface area contributed by atoms with Crippen LogP contribution in [0.5, 0.6) is 0 Å². The zero-order valence-corrected chi connectivity index (χ0v) is 16.6. The van der Waals surface area contributed by atoms with Crippen molar-refractivity contribution in [1.82, 2.24) is 15.0 Å². The summed E-state index contributed by atoms with van der Waals surface area (Å²) in [7, 11) is 0. The SMILES string of the molecule is Cc1ccc(-c2noc(C3CCCCN3C(=O)Nc3ccc(F)c(Cl)c3)n2)cc1. The van der Waals surface area contributed by atoms with Gasteiger partial charge in [-0.2, -0.15) is 4.98 Å². The van der Waals surface area contributed by atoms with Gasteiger partial charge in [-0.3, -0.25) is 0 Å². The van der Waals surface area contributed by atoms with Crippen LogP contribution in [0.25, 0.3) is 11.4 Å². The van der Waals surface area contributed by atoms with Crippen LogP contribution in [0.15, 0.2) is 47.0 Å². The third kappa shape index (κ3) is 4.24. The number of likely N-dealkylation sites (tertiary alicyclic amines) is 1. The molecule has 2 heterocycles. The van der Waals surface area contributed by atoms with E-state index in [-0.39, 0.29) is 17.1 Å². The Morgan fingerprint density at radius 3 is 2.79 bits per heavy atom. The maximum absolute atomic E-state index is 13.4. The molecule has 1 aromatic heterocycles. The van der Waals surface area contributed by atoms with Crippen molar-refractivity contribution in [3.8, 4) is 11.4 Å². The van der Waals surface area contributed by atoms with Crippen LogP contribution in [-0.4, -0.2) is 27.6 Å². The maximum atomic E-state index is 13.4. The summed E-state index contributed by atoms with van der Waals surface area (Å²) in [6.45, 7) is 2.58. The summed E-state index contributed by atoms with van der Waals surface area (Å²) in [5.41, 5.74) is 2.43. The lowest BCUT2D eigenvalue weighted by molar-refractivity contribution is 0.142. The van der Waals surface area contributed by atoms with Crippen LogP contribution < -0.4 is 5.32 Å². The van der Waals surface area contributed by atoms with Crippen molar-refractivity contribution in [1.29, 1.82) is 0 Å². The third-order valence-corrected chi connectivity index (χ3v) is 5.26. The summed E-state index contributed by atoms with van der Waals surface area (Å²) in [6, 6.07) is 11.3. The summed E-state index contributed by atoms with van der Waals surface area (Å²) in [4.78, 5) is 19.1. The van der Waals surface area contributed by atoms with Gasteiger partial charge < -0.3 is 14.7 Å². The van der Waals surface area contributed by atoms with E-state index in [1.165, 1.54) is 18.2 Å². The van der Waals surface area contributed by atoms with Crippen LogP contribution >= 0.6 is 11.6 Å². The molecule has 1 aliphatic heterocycles. The number of piperidine rings is 1. The smallest absolute Gasteiger partial charge is 0.322 e. The number of nitrogens with one attached hydrogen (secondary N) is 1. The van der Waals surface area contributed by atoms with Crippen molar-refractivity contribution < 1.29 is 13.7 Å². The number of nitrogens with zero attached hydrogens (tertiary/aromatic N) is 3. The Hall–Kier alpha value is -2.93. The molecule has 6 nitrogen and oxygen atoms in total. The van der Waals surface area contributed by atoms with Crippen molar-refractivity contribution in [2.24, 2.45) is 0 Å². The molecule has 0 bridgehead atoms. The van der Waals surface area contributed by atoms with E-state index in [2.05, 4.69) is 15.5 Å². The number of hydrogen-bond donors (Lipinski definition) is 1. The predicted molar refractivity (Wildman–Crippen MR) is 108 cm³/mol. The largest absolute Gasteiger partial charge is 0.337 e. The number of rotatable bonds is 3. The van der Waals surface area contributed by atoms with E-state index in [9.17, 15) is 9.18 Å². The number of aromatic nitrogens is 2. The van der Waals surface area contributed by atoms with Crippen LogP contribution in [0.2, 0.25) is 5.02 Å². The zero-order valence-electron chi connectivity index (χ0n) is 15.9. The highest BCUT2D eigenvalue weighted by molar-refractivity contribution is 6.31. The summed E-state index contributed by atoms with van der Waals surface area (Å²) in [6.07, 6.45) is 2.57. The van der Waals surface area contributed by atoms with Gasteiger partial charge in [0.2, 0.25) is 11.7 Å². The fourth-order valence-corrected chi connectivity index (χ4v) is 3.57. The molecule has 0 radical (unpaired) electrons. The molecule has 0 aliphatic carbocycles. The van der Waals surface area contributed by atoms with Gasteiger partial charge in [-0.1, -0.05) is 46.6 Å². The van der Waals surface area contributed by atoms with Gasteiger partial charge in [0.25, 0.3) is 0 Å². The maximum Gasteiger partial charge on any atom is 0.322 e. The second-order valence-electron chi connectivity index (χ2n) is 7.09. The fourth-order valence-electron chi connectivity index (χ4n) is 3.39. The van der Waals surface area contributed by atoms with Gasteiger partial charge in [0, 0.05) is 17.8 Å². The Labute approximate surface area is 172 Å². The number of hydrogen-bond acceptors (Lipinski definition) is 4. The summed E-state index contributed by atoms with van der Waals surface area (Å²) >= 11 is 5.81. The minimum Gasteiger partial charge on any atom is -0.337 e. The molecule has 1 atom stereocenters. The van der Waals surface area contributed by atoms with E-state index in [1.807, 2.05) is 31.2 Å². The van der Waals surface area contributed by atoms with E-state index < -0.39 is 5.82 Å². The highest BCUT2D eigenvalue weighted by atomic mass is 35.5. The number of aryl methyl sites for hydroxylation is 1. The first-order valence-electron chi connectivity index (χ1n) is 9.44. The predicted octanol–water partition coefficient (Wildman–Crippen LogP) is 5.60. The number of amides is 2. The highest BCUT2D eigenvalue weighted by Gasteiger charge is 2.32. The van der Waals surface area contributed by atoms with Gasteiger partial charge in [0.15, 0.2) is 0 Å². The molecular formula is C21H20ClFN4O2. The summed E-state index contributed by atoms with van der Waals surface area (Å²) < 4.78 is 18.9. The molecule has 0 saturated carbocycles. The van der Waals surface area contributed by atoms with Crippen LogP contribution in [-0.2, 0) is 0 Å². The van der Waals surface area contributed by atoms with E-state index in [0.29, 0.717) is 23.9 Å². The fraction of sp³-hybridized carbons (Fsp3) is 0.286. The molecule has 1 unspecified atom stereocenters. The molecule has 1 saturated heterocycles. The second-order valence-corrected chi connectivity index (χ2v) is 7.49. The number of carbonyl (C=O) groups excluding carboxylic acids is 1. The lowest BCUT2D eigenvalue weighted by Crippen LogP contribution is -2.41. The molecule has 1 N–H and O–H groups in total. The molecule has 2 amide bonds. The molecule has 0 spiro atoms. The topological polar surface area (TPSA) is 71.3 Å². The van der Waals surface area contributed by atoms with Gasteiger partial charge in [-0.25, -0.2) is 9.18 Å². The number of anilines is 1. The van der Waals surface area contributed by atoms with Gasteiger partial charge >= 0.3 is 6.03 Å². The first-order chi connectivity index (χ1) is 14.0. The van der Waals surface area contributed by atoms with E-state index in [0.717, 1.165) is 30.4 Å². The van der Waals surface area contributed by atoms with Crippen LogP contribution in [0.4, 0.5) is 14.9 Å². The minimum atomic E-state index is -0.532. The average Bonchev–Trinajstić information content (AvgIpc) is 3.21. The van der Waals surface area contributed by atoms with E-state index >= 15 is 0 Å². The average molecular weight is 415 g/mol. The minimum absolute atomic E-state index is 0.0439. The number of carbonyl (C=O) groups is 1. The Bertz CT molecular complexity index is 1020. The molecular weight excluding hydrogens is 395 g/mol. The molecule has 1 aliphatic rings. The normalized spacial score (nSPS) is 16.7. The monoisotopic (exact) mass is 414 g/mol. The molecule has 1 fully saturated rings. The number of halogens is 2. The molecule has 29 heavy (non-hydrogen) atoms. The van der Waals surface area contributed by atoms with E-state index in [1.54, 1.807) is 4.90 Å². The summed E-state index contributed by atoms with van der Waals surface area (Å²) in [5.74, 6) is 0.374.